The van der Waals surface area contributed by atoms with Gasteiger partial charge in [-0.15, -0.1) is 0 Å². The molecule has 130 valence electrons. The summed E-state index contributed by atoms with van der Waals surface area (Å²) in [5.41, 5.74) is 1.12. The average molecular weight is 406 g/mol. The van der Waals surface area contributed by atoms with Gasteiger partial charge >= 0.3 is 0 Å². The van der Waals surface area contributed by atoms with Crippen molar-refractivity contribution in [3.05, 3.63) is 45.9 Å². The van der Waals surface area contributed by atoms with Crippen LogP contribution < -0.4 is 10.1 Å². The molecule has 3 rings (SSSR count). The van der Waals surface area contributed by atoms with Crippen molar-refractivity contribution in [1.29, 1.82) is 5.26 Å². The Labute approximate surface area is 153 Å². The van der Waals surface area contributed by atoms with Gasteiger partial charge in [0.05, 0.1) is 19.8 Å². The molecule has 1 aromatic carbocycles. The molecule has 0 unspecified atom stereocenters. The molecule has 0 radical (unpaired) electrons. The van der Waals surface area contributed by atoms with Crippen LogP contribution in [0.5, 0.6) is 11.6 Å². The number of pyridine rings is 1. The first-order valence-corrected chi connectivity index (χ1v) is 8.47. The fourth-order valence-corrected chi connectivity index (χ4v) is 2.73. The third-order valence-corrected chi connectivity index (χ3v) is 4.18. The predicted octanol–water partition coefficient (Wildman–Crippen LogP) is 2.96. The lowest BCUT2D eigenvalue weighted by molar-refractivity contribution is -0.0447. The van der Waals surface area contributed by atoms with E-state index in [0.29, 0.717) is 36.9 Å². The van der Waals surface area contributed by atoms with E-state index in [0.717, 1.165) is 10.0 Å². The van der Waals surface area contributed by atoms with Crippen molar-refractivity contribution >= 4 is 21.7 Å². The number of nitriles is 1. The van der Waals surface area contributed by atoms with Crippen LogP contribution in [0.25, 0.3) is 0 Å². The number of halogens is 1. The van der Waals surface area contributed by atoms with Crippen molar-refractivity contribution in [2.45, 2.75) is 6.29 Å². The molecule has 2 aromatic rings. The van der Waals surface area contributed by atoms with Gasteiger partial charge in [0, 0.05) is 16.6 Å². The summed E-state index contributed by atoms with van der Waals surface area (Å²) in [6.45, 7) is 1.42. The molecule has 0 amide bonds. The highest BCUT2D eigenvalue weighted by Crippen LogP contribution is 2.34. The second-order valence-electron chi connectivity index (χ2n) is 5.17. The lowest BCUT2D eigenvalue weighted by Gasteiger charge is -2.14. The number of aromatic nitrogens is 1. The van der Waals surface area contributed by atoms with Crippen molar-refractivity contribution in [2.75, 3.05) is 31.7 Å². The monoisotopic (exact) mass is 405 g/mol. The molecule has 25 heavy (non-hydrogen) atoms. The molecule has 0 saturated carbocycles. The van der Waals surface area contributed by atoms with Crippen LogP contribution >= 0.6 is 15.9 Å². The molecule has 8 heteroatoms. The van der Waals surface area contributed by atoms with Gasteiger partial charge in [-0.3, -0.25) is 0 Å². The topological polar surface area (TPSA) is 96.6 Å². The van der Waals surface area contributed by atoms with Crippen molar-refractivity contribution < 1.29 is 19.3 Å². The number of aliphatic hydroxyl groups is 1. The number of rotatable bonds is 6. The van der Waals surface area contributed by atoms with E-state index in [1.165, 1.54) is 0 Å². The number of anilines is 1. The number of benzene rings is 1. The van der Waals surface area contributed by atoms with Crippen LogP contribution in [0.1, 0.15) is 17.4 Å². The largest absolute Gasteiger partial charge is 0.438 e. The average Bonchev–Trinajstić information content (AvgIpc) is 3.16. The number of hydrogen-bond donors (Lipinski definition) is 2. The van der Waals surface area contributed by atoms with Crippen molar-refractivity contribution in [3.63, 3.8) is 0 Å². The Bertz CT molecular complexity index is 788. The Hall–Kier alpha value is -2.18. The smallest absolute Gasteiger partial charge is 0.239 e. The summed E-state index contributed by atoms with van der Waals surface area (Å²) in [4.78, 5) is 4.28. The van der Waals surface area contributed by atoms with Crippen molar-refractivity contribution in [3.8, 4) is 17.7 Å². The van der Waals surface area contributed by atoms with E-state index in [9.17, 15) is 5.26 Å². The minimum atomic E-state index is -0.445. The van der Waals surface area contributed by atoms with Crippen LogP contribution in [-0.2, 0) is 9.47 Å². The van der Waals surface area contributed by atoms with Crippen LogP contribution in [0.15, 0.2) is 34.8 Å². The molecule has 1 aliphatic heterocycles. The van der Waals surface area contributed by atoms with Gasteiger partial charge < -0.3 is 24.6 Å². The molecule has 7 nitrogen and oxygen atoms in total. The van der Waals surface area contributed by atoms with Gasteiger partial charge in [0.15, 0.2) is 6.29 Å². The summed E-state index contributed by atoms with van der Waals surface area (Å²) in [6, 6.07) is 10.7. The van der Waals surface area contributed by atoms with Crippen molar-refractivity contribution in [2.24, 2.45) is 0 Å². The van der Waals surface area contributed by atoms with Gasteiger partial charge in [-0.1, -0.05) is 15.9 Å². The molecule has 0 spiro atoms. The SMILES string of the molecule is N#Cc1ccc(NCCO)nc1Oc1ccc(Br)c(C2OCCO2)c1. The Balaban J connectivity index is 1.86. The number of nitrogens with one attached hydrogen (secondary N) is 1. The molecule has 1 saturated heterocycles. The first-order chi connectivity index (χ1) is 12.2. The van der Waals surface area contributed by atoms with Crippen LogP contribution in [0, 0.1) is 11.3 Å². The van der Waals surface area contributed by atoms with Gasteiger partial charge in [-0.25, -0.2) is 0 Å². The molecule has 1 fully saturated rings. The lowest BCUT2D eigenvalue weighted by Crippen LogP contribution is -2.07. The molecular weight excluding hydrogens is 390 g/mol. The maximum Gasteiger partial charge on any atom is 0.239 e. The quantitative estimate of drug-likeness (QED) is 0.762. The van der Waals surface area contributed by atoms with Gasteiger partial charge in [0.1, 0.15) is 23.2 Å². The van der Waals surface area contributed by atoms with Gasteiger partial charge in [-0.05, 0) is 30.3 Å². The maximum atomic E-state index is 9.26. The Morgan fingerprint density at radius 1 is 1.32 bits per heavy atom. The van der Waals surface area contributed by atoms with E-state index < -0.39 is 6.29 Å². The zero-order chi connectivity index (χ0) is 17.6. The normalized spacial score (nSPS) is 14.3. The Morgan fingerprint density at radius 2 is 2.12 bits per heavy atom. The first kappa shape index (κ1) is 17.6. The molecule has 2 heterocycles. The number of nitrogens with zero attached hydrogens (tertiary/aromatic N) is 2. The molecule has 2 N–H and O–H groups in total. The summed E-state index contributed by atoms with van der Waals surface area (Å²) in [7, 11) is 0. The zero-order valence-electron chi connectivity index (χ0n) is 13.2. The number of hydrogen-bond acceptors (Lipinski definition) is 7. The summed E-state index contributed by atoms with van der Waals surface area (Å²) in [5.74, 6) is 1.22. The van der Waals surface area contributed by atoms with Gasteiger partial charge in [-0.2, -0.15) is 10.2 Å². The van der Waals surface area contributed by atoms with E-state index in [1.807, 2.05) is 6.07 Å². The molecule has 1 aliphatic rings. The van der Waals surface area contributed by atoms with E-state index in [2.05, 4.69) is 32.3 Å². The van der Waals surface area contributed by atoms with E-state index in [1.54, 1.807) is 24.3 Å². The Kier molecular flexibility index (Phi) is 5.83. The van der Waals surface area contributed by atoms with E-state index >= 15 is 0 Å². The first-order valence-electron chi connectivity index (χ1n) is 7.67. The zero-order valence-corrected chi connectivity index (χ0v) is 14.8. The minimum absolute atomic E-state index is 0.0185. The van der Waals surface area contributed by atoms with Crippen LogP contribution in [0.3, 0.4) is 0 Å². The molecule has 1 aromatic heterocycles. The highest BCUT2D eigenvalue weighted by Gasteiger charge is 2.21. The van der Waals surface area contributed by atoms with Crippen LogP contribution in [0.2, 0.25) is 0 Å². The van der Waals surface area contributed by atoms with Gasteiger partial charge in [0.25, 0.3) is 0 Å². The van der Waals surface area contributed by atoms with Crippen LogP contribution in [-0.4, -0.2) is 36.5 Å². The third kappa shape index (κ3) is 4.27. The highest BCUT2D eigenvalue weighted by atomic mass is 79.9. The summed E-state index contributed by atoms with van der Waals surface area (Å²) >= 11 is 3.48. The maximum absolute atomic E-state index is 9.26. The van der Waals surface area contributed by atoms with Crippen molar-refractivity contribution in [1.82, 2.24) is 4.98 Å². The number of ether oxygens (including phenoxy) is 3. The standard InChI is InChI=1S/C17H16BrN3O4/c18-14-3-2-12(9-13(14)17-23-7-8-24-17)25-16-11(10-19)1-4-15(21-16)20-5-6-22/h1-4,9,17,22H,5-8H2,(H,20,21). The summed E-state index contributed by atoms with van der Waals surface area (Å²) in [5, 5.41) is 21.1. The third-order valence-electron chi connectivity index (χ3n) is 3.46. The fraction of sp³-hybridized carbons (Fsp3) is 0.294. The molecular formula is C17H16BrN3O4. The fourth-order valence-electron chi connectivity index (χ4n) is 2.30. The number of aliphatic hydroxyl groups excluding tert-OH is 1. The Morgan fingerprint density at radius 3 is 2.84 bits per heavy atom. The second kappa shape index (κ2) is 8.27. The highest BCUT2D eigenvalue weighted by molar-refractivity contribution is 9.10. The van der Waals surface area contributed by atoms with E-state index in [-0.39, 0.29) is 12.5 Å². The summed E-state index contributed by atoms with van der Waals surface area (Å²) < 4.78 is 17.7. The second-order valence-corrected chi connectivity index (χ2v) is 6.02. The molecule has 0 aliphatic carbocycles. The molecule has 0 bridgehead atoms. The lowest BCUT2D eigenvalue weighted by atomic mass is 10.2. The minimum Gasteiger partial charge on any atom is -0.438 e. The molecule has 0 atom stereocenters. The van der Waals surface area contributed by atoms with Crippen LogP contribution in [0.4, 0.5) is 5.82 Å². The van der Waals surface area contributed by atoms with E-state index in [4.69, 9.17) is 19.3 Å². The predicted molar refractivity (Wildman–Crippen MR) is 93.4 cm³/mol. The van der Waals surface area contributed by atoms with Gasteiger partial charge in [0.2, 0.25) is 5.88 Å². The summed E-state index contributed by atoms with van der Waals surface area (Å²) in [6.07, 6.45) is -0.445.